The molecule has 0 bridgehead atoms. The van der Waals surface area contributed by atoms with Gasteiger partial charge in [0.2, 0.25) is 5.91 Å². The van der Waals surface area contributed by atoms with Gasteiger partial charge in [-0.25, -0.2) is 13.1 Å². The number of hydrogen-bond donors (Lipinski definition) is 1. The molecule has 112 valence electrons. The zero-order chi connectivity index (χ0) is 15.6. The van der Waals surface area contributed by atoms with Gasteiger partial charge in [-0.3, -0.25) is 19.7 Å². The molecule has 1 unspecified atom stereocenters. The number of ketones is 1. The van der Waals surface area contributed by atoms with E-state index in [9.17, 15) is 28.1 Å². The van der Waals surface area contributed by atoms with E-state index >= 15 is 0 Å². The summed E-state index contributed by atoms with van der Waals surface area (Å²) in [6.07, 6.45) is 1.17. The van der Waals surface area contributed by atoms with Crippen molar-refractivity contribution in [1.82, 2.24) is 4.72 Å². The standard InChI is InChI=1S/C12H12N2O6S/c15-11-3-1-2-10(11)12(16)13-21(19,20)9-6-4-8(5-7-9)14(17)18/h4-7,10H,1-3H2,(H,13,16). The van der Waals surface area contributed by atoms with Crippen LogP contribution in [0.2, 0.25) is 0 Å². The lowest BCUT2D eigenvalue weighted by atomic mass is 10.1. The highest BCUT2D eigenvalue weighted by molar-refractivity contribution is 7.90. The number of amides is 1. The molecule has 0 spiro atoms. The van der Waals surface area contributed by atoms with Crippen LogP contribution in [0.4, 0.5) is 5.69 Å². The van der Waals surface area contributed by atoms with Gasteiger partial charge in [-0.1, -0.05) is 0 Å². The lowest BCUT2D eigenvalue weighted by Crippen LogP contribution is -2.37. The molecule has 1 aromatic rings. The average molecular weight is 312 g/mol. The van der Waals surface area contributed by atoms with Crippen molar-refractivity contribution < 1.29 is 22.9 Å². The van der Waals surface area contributed by atoms with Crippen LogP contribution in [0.3, 0.4) is 0 Å². The predicted molar refractivity (Wildman–Crippen MR) is 70.8 cm³/mol. The highest BCUT2D eigenvalue weighted by atomic mass is 32.2. The van der Waals surface area contributed by atoms with Crippen molar-refractivity contribution >= 4 is 27.4 Å². The van der Waals surface area contributed by atoms with Gasteiger partial charge in [0.25, 0.3) is 15.7 Å². The first-order chi connectivity index (χ1) is 9.81. The molecule has 8 nitrogen and oxygen atoms in total. The number of benzene rings is 1. The molecule has 0 radical (unpaired) electrons. The first-order valence-corrected chi connectivity index (χ1v) is 7.63. The summed E-state index contributed by atoms with van der Waals surface area (Å²) >= 11 is 0. The quantitative estimate of drug-likeness (QED) is 0.497. The second kappa shape index (κ2) is 5.60. The summed E-state index contributed by atoms with van der Waals surface area (Å²) in [5.74, 6) is -2.06. The number of rotatable bonds is 4. The van der Waals surface area contributed by atoms with Crippen LogP contribution < -0.4 is 4.72 Å². The molecule has 1 aliphatic rings. The summed E-state index contributed by atoms with van der Waals surface area (Å²) in [6.45, 7) is 0. The normalized spacial score (nSPS) is 18.5. The maximum atomic E-state index is 12.0. The Morgan fingerprint density at radius 2 is 1.90 bits per heavy atom. The highest BCUT2D eigenvalue weighted by Crippen LogP contribution is 2.22. The third kappa shape index (κ3) is 3.24. The van der Waals surface area contributed by atoms with E-state index in [1.54, 1.807) is 0 Å². The van der Waals surface area contributed by atoms with E-state index in [-0.39, 0.29) is 22.8 Å². The van der Waals surface area contributed by atoms with E-state index in [1.165, 1.54) is 0 Å². The van der Waals surface area contributed by atoms with Gasteiger partial charge >= 0.3 is 0 Å². The van der Waals surface area contributed by atoms with Gasteiger partial charge < -0.3 is 0 Å². The minimum absolute atomic E-state index is 0.258. The summed E-state index contributed by atoms with van der Waals surface area (Å²) < 4.78 is 25.8. The second-order valence-corrected chi connectivity index (χ2v) is 6.31. The predicted octanol–water partition coefficient (Wildman–Crippen LogP) is 0.769. The Hall–Kier alpha value is -2.29. The van der Waals surface area contributed by atoms with Gasteiger partial charge in [-0.2, -0.15) is 0 Å². The smallest absolute Gasteiger partial charge is 0.269 e. The van der Waals surface area contributed by atoms with E-state index in [0.29, 0.717) is 12.8 Å². The summed E-state index contributed by atoms with van der Waals surface area (Å²) in [6, 6.07) is 4.12. The van der Waals surface area contributed by atoms with E-state index in [4.69, 9.17) is 0 Å². The summed E-state index contributed by atoms with van der Waals surface area (Å²) in [5.41, 5.74) is -0.258. The van der Waals surface area contributed by atoms with Gasteiger partial charge in [0.05, 0.1) is 15.7 Å². The lowest BCUT2D eigenvalue weighted by molar-refractivity contribution is -0.384. The Bertz CT molecular complexity index is 695. The zero-order valence-corrected chi connectivity index (χ0v) is 11.6. The molecule has 1 aliphatic carbocycles. The Morgan fingerprint density at radius 1 is 1.29 bits per heavy atom. The number of nitro groups is 1. The van der Waals surface area contributed by atoms with E-state index < -0.39 is 26.8 Å². The number of non-ortho nitro benzene ring substituents is 1. The fourth-order valence-electron chi connectivity index (χ4n) is 2.10. The van der Waals surface area contributed by atoms with Crippen LogP contribution in [0.1, 0.15) is 19.3 Å². The molecule has 9 heteroatoms. The maximum Gasteiger partial charge on any atom is 0.269 e. The zero-order valence-electron chi connectivity index (χ0n) is 10.8. The number of nitrogens with zero attached hydrogens (tertiary/aromatic N) is 1. The Morgan fingerprint density at radius 3 is 2.38 bits per heavy atom. The number of hydrogen-bond acceptors (Lipinski definition) is 6. The SMILES string of the molecule is O=C1CCCC1C(=O)NS(=O)(=O)c1ccc([N+](=O)[O-])cc1. The van der Waals surface area contributed by atoms with Gasteiger partial charge in [0.15, 0.2) is 0 Å². The van der Waals surface area contributed by atoms with Crippen molar-refractivity contribution in [3.05, 3.63) is 34.4 Å². The van der Waals surface area contributed by atoms with Crippen LogP contribution >= 0.6 is 0 Å². The van der Waals surface area contributed by atoms with Crippen LogP contribution in [0.25, 0.3) is 0 Å². The fourth-order valence-corrected chi connectivity index (χ4v) is 3.12. The Labute approximate surface area is 120 Å². The molecule has 21 heavy (non-hydrogen) atoms. The van der Waals surface area contributed by atoms with Crippen molar-refractivity contribution in [2.45, 2.75) is 24.2 Å². The maximum absolute atomic E-state index is 12.0. The molecule has 0 saturated heterocycles. The number of Topliss-reactive ketones (excluding diaryl/α,β-unsaturated/α-hetero) is 1. The number of nitro benzene ring substituents is 1. The minimum Gasteiger partial charge on any atom is -0.299 e. The highest BCUT2D eigenvalue weighted by Gasteiger charge is 2.33. The number of carbonyl (C=O) groups is 2. The number of sulfonamides is 1. The summed E-state index contributed by atoms with van der Waals surface area (Å²) in [4.78, 5) is 32.8. The van der Waals surface area contributed by atoms with Gasteiger partial charge in [0, 0.05) is 18.6 Å². The van der Waals surface area contributed by atoms with Crippen molar-refractivity contribution in [2.24, 2.45) is 5.92 Å². The monoisotopic (exact) mass is 312 g/mol. The summed E-state index contributed by atoms with van der Waals surface area (Å²) in [5, 5.41) is 10.5. The summed E-state index contributed by atoms with van der Waals surface area (Å²) in [7, 11) is -4.14. The molecule has 1 amide bonds. The molecular weight excluding hydrogens is 300 g/mol. The van der Waals surface area contributed by atoms with Crippen molar-refractivity contribution in [1.29, 1.82) is 0 Å². The molecule has 1 atom stereocenters. The molecule has 1 saturated carbocycles. The molecule has 0 aromatic heterocycles. The van der Waals surface area contributed by atoms with E-state index in [1.807, 2.05) is 4.72 Å². The largest absolute Gasteiger partial charge is 0.299 e. The third-order valence-electron chi connectivity index (χ3n) is 3.21. The van der Waals surface area contributed by atoms with Crippen molar-refractivity contribution in [3.8, 4) is 0 Å². The molecule has 2 rings (SSSR count). The van der Waals surface area contributed by atoms with E-state index in [2.05, 4.69) is 0 Å². The van der Waals surface area contributed by atoms with Gasteiger partial charge in [-0.05, 0) is 25.0 Å². The Kier molecular flexibility index (Phi) is 4.03. The Balaban J connectivity index is 2.16. The van der Waals surface area contributed by atoms with Crippen LogP contribution in [0, 0.1) is 16.0 Å². The number of nitrogens with one attached hydrogen (secondary N) is 1. The average Bonchev–Trinajstić information content (AvgIpc) is 2.84. The fraction of sp³-hybridized carbons (Fsp3) is 0.333. The third-order valence-corrected chi connectivity index (χ3v) is 4.58. The molecule has 1 fully saturated rings. The van der Waals surface area contributed by atoms with Crippen molar-refractivity contribution in [2.75, 3.05) is 0 Å². The van der Waals surface area contributed by atoms with Crippen LogP contribution in [-0.4, -0.2) is 25.0 Å². The topological polar surface area (TPSA) is 123 Å². The van der Waals surface area contributed by atoms with E-state index in [0.717, 1.165) is 24.3 Å². The van der Waals surface area contributed by atoms with Gasteiger partial charge in [0.1, 0.15) is 5.78 Å². The lowest BCUT2D eigenvalue weighted by Gasteiger charge is -2.10. The minimum atomic E-state index is -4.14. The second-order valence-electron chi connectivity index (χ2n) is 4.63. The van der Waals surface area contributed by atoms with Crippen LogP contribution in [0.5, 0.6) is 0 Å². The number of carbonyl (C=O) groups excluding carboxylic acids is 2. The molecule has 1 N–H and O–H groups in total. The molecule has 0 heterocycles. The van der Waals surface area contributed by atoms with Gasteiger partial charge in [-0.15, -0.1) is 0 Å². The molecule has 1 aromatic carbocycles. The van der Waals surface area contributed by atoms with Crippen molar-refractivity contribution in [3.63, 3.8) is 0 Å². The van der Waals surface area contributed by atoms with Crippen LogP contribution in [-0.2, 0) is 19.6 Å². The first kappa shape index (κ1) is 15.1. The molecule has 0 aliphatic heterocycles. The molecular formula is C12H12N2O6S. The first-order valence-electron chi connectivity index (χ1n) is 6.15. The van der Waals surface area contributed by atoms with Crippen LogP contribution in [0.15, 0.2) is 29.2 Å².